The van der Waals surface area contributed by atoms with Gasteiger partial charge in [-0.3, -0.25) is 0 Å². The van der Waals surface area contributed by atoms with Crippen molar-refractivity contribution >= 4 is 0 Å². The molecule has 4 nitrogen and oxygen atoms in total. The smallest absolute Gasteiger partial charge is 0.0750 e. The second-order valence-electron chi connectivity index (χ2n) is 4.72. The second kappa shape index (κ2) is 14.3. The number of nitrogens with one attached hydrogen (secondary N) is 2. The maximum absolute atomic E-state index is 5.40. The Kier molecular flexibility index (Phi) is 15.9. The van der Waals surface area contributed by atoms with E-state index in [1.165, 1.54) is 0 Å². The fraction of sp³-hybridized carbons (Fsp3) is 1.00. The van der Waals surface area contributed by atoms with Crippen LogP contribution in [0, 0.1) is 0 Å². The monoisotopic (exact) mass is 276 g/mol. The lowest BCUT2D eigenvalue weighted by Gasteiger charge is -2.30. The molecule has 0 aromatic heterocycles. The van der Waals surface area contributed by atoms with E-state index in [2.05, 4.69) is 31.4 Å². The van der Waals surface area contributed by atoms with E-state index in [1.807, 2.05) is 27.7 Å². The van der Waals surface area contributed by atoms with E-state index >= 15 is 0 Å². The Bertz CT molecular complexity index is 162. The van der Waals surface area contributed by atoms with Crippen molar-refractivity contribution in [2.24, 2.45) is 0 Å². The second-order valence-corrected chi connectivity index (χ2v) is 4.72. The van der Waals surface area contributed by atoms with E-state index in [0.717, 1.165) is 39.5 Å². The quantitative estimate of drug-likeness (QED) is 0.713. The molecule has 0 aromatic carbocycles. The van der Waals surface area contributed by atoms with Gasteiger partial charge in [-0.15, -0.1) is 0 Å². The highest BCUT2D eigenvalue weighted by atomic mass is 16.5. The molecule has 0 aromatic rings. The predicted octanol–water partition coefficient (Wildman–Crippen LogP) is 2.43. The zero-order chi connectivity index (χ0) is 15.1. The number of hydrogen-bond donors (Lipinski definition) is 2. The Morgan fingerprint density at radius 3 is 1.84 bits per heavy atom. The summed E-state index contributed by atoms with van der Waals surface area (Å²) >= 11 is 0. The zero-order valence-electron chi connectivity index (χ0n) is 14.1. The molecule has 0 saturated carbocycles. The summed E-state index contributed by atoms with van der Waals surface area (Å²) in [4.78, 5) is 0. The molecule has 0 aliphatic carbocycles. The summed E-state index contributed by atoms with van der Waals surface area (Å²) in [5, 5.41) is 6.51. The van der Waals surface area contributed by atoms with Gasteiger partial charge in [0.25, 0.3) is 0 Å². The topological polar surface area (TPSA) is 42.5 Å². The normalized spacial score (nSPS) is 24.5. The molecule has 0 bridgehead atoms. The fourth-order valence-corrected chi connectivity index (χ4v) is 1.54. The lowest BCUT2D eigenvalue weighted by molar-refractivity contribution is -0.0384. The first-order valence-corrected chi connectivity index (χ1v) is 7.76. The number of hydrogen-bond acceptors (Lipinski definition) is 4. The summed E-state index contributed by atoms with van der Waals surface area (Å²) in [6.07, 6.45) is 0. The zero-order valence-corrected chi connectivity index (χ0v) is 14.1. The molecule has 0 amide bonds. The van der Waals surface area contributed by atoms with Crippen molar-refractivity contribution in [1.29, 1.82) is 0 Å². The fourth-order valence-electron chi connectivity index (χ4n) is 1.54. The molecule has 4 heteroatoms. The number of ether oxygens (including phenoxy) is 2. The molecule has 118 valence electrons. The summed E-state index contributed by atoms with van der Waals surface area (Å²) in [5.74, 6) is 0. The molecular weight excluding hydrogens is 240 g/mol. The van der Waals surface area contributed by atoms with Crippen LogP contribution in [0.3, 0.4) is 0 Å². The van der Waals surface area contributed by atoms with Gasteiger partial charge >= 0.3 is 0 Å². The largest absolute Gasteiger partial charge is 0.379 e. The van der Waals surface area contributed by atoms with Crippen LogP contribution in [0.25, 0.3) is 0 Å². The van der Waals surface area contributed by atoms with Gasteiger partial charge in [0.2, 0.25) is 0 Å². The van der Waals surface area contributed by atoms with E-state index in [-0.39, 0.29) is 5.60 Å². The van der Waals surface area contributed by atoms with E-state index in [9.17, 15) is 0 Å². The Morgan fingerprint density at radius 1 is 1.00 bits per heavy atom. The third-order valence-electron chi connectivity index (χ3n) is 2.43. The number of morpholine rings is 2. The van der Waals surface area contributed by atoms with Gasteiger partial charge in [0.15, 0.2) is 0 Å². The average Bonchev–Trinajstić information content (AvgIpc) is 2.44. The van der Waals surface area contributed by atoms with Crippen LogP contribution in [-0.2, 0) is 9.47 Å². The molecule has 2 aliphatic rings. The molecular formula is C15H36N2O2. The minimum atomic E-state index is 0.0677. The molecule has 0 radical (unpaired) electrons. The Labute approximate surface area is 120 Å². The van der Waals surface area contributed by atoms with Crippen molar-refractivity contribution < 1.29 is 9.47 Å². The van der Waals surface area contributed by atoms with Crippen LogP contribution >= 0.6 is 0 Å². The van der Waals surface area contributed by atoms with Crippen molar-refractivity contribution in [2.45, 2.75) is 60.1 Å². The van der Waals surface area contributed by atoms with Gasteiger partial charge in [0, 0.05) is 25.7 Å². The van der Waals surface area contributed by atoms with E-state index in [4.69, 9.17) is 9.47 Å². The van der Waals surface area contributed by atoms with Gasteiger partial charge in [-0.05, 0) is 20.8 Å². The van der Waals surface area contributed by atoms with Crippen molar-refractivity contribution in [1.82, 2.24) is 10.6 Å². The maximum atomic E-state index is 5.40. The molecule has 0 spiro atoms. The maximum Gasteiger partial charge on any atom is 0.0750 e. The average molecular weight is 276 g/mol. The van der Waals surface area contributed by atoms with Crippen LogP contribution in [0.5, 0.6) is 0 Å². The van der Waals surface area contributed by atoms with Crippen molar-refractivity contribution in [3.05, 3.63) is 0 Å². The molecule has 19 heavy (non-hydrogen) atoms. The van der Waals surface area contributed by atoms with Crippen LogP contribution < -0.4 is 10.6 Å². The van der Waals surface area contributed by atoms with E-state index in [0.29, 0.717) is 6.04 Å². The van der Waals surface area contributed by atoms with Crippen molar-refractivity contribution in [3.8, 4) is 0 Å². The third-order valence-corrected chi connectivity index (χ3v) is 2.43. The first kappa shape index (κ1) is 21.1. The molecule has 1 unspecified atom stereocenters. The molecule has 2 aliphatic heterocycles. The predicted molar refractivity (Wildman–Crippen MR) is 83.9 cm³/mol. The lowest BCUT2D eigenvalue weighted by Crippen LogP contribution is -2.45. The van der Waals surface area contributed by atoms with Gasteiger partial charge in [0.05, 0.1) is 25.4 Å². The Morgan fingerprint density at radius 2 is 1.63 bits per heavy atom. The first-order chi connectivity index (χ1) is 9.10. The molecule has 2 saturated heterocycles. The highest BCUT2D eigenvalue weighted by Crippen LogP contribution is 2.08. The molecule has 1 atom stereocenters. The summed E-state index contributed by atoms with van der Waals surface area (Å²) < 4.78 is 10.5. The summed E-state index contributed by atoms with van der Waals surface area (Å²) in [5.41, 5.74) is 0.0677. The van der Waals surface area contributed by atoms with Crippen LogP contribution in [0.2, 0.25) is 0 Å². The minimum absolute atomic E-state index is 0.0677. The van der Waals surface area contributed by atoms with Crippen LogP contribution in [0.15, 0.2) is 0 Å². The SMILES string of the molecule is CC.CC.CC1(C)CNCCO1.CC1COCCN1. The molecule has 2 heterocycles. The van der Waals surface area contributed by atoms with E-state index < -0.39 is 0 Å². The summed E-state index contributed by atoms with van der Waals surface area (Å²) in [7, 11) is 0. The van der Waals surface area contributed by atoms with Gasteiger partial charge < -0.3 is 20.1 Å². The van der Waals surface area contributed by atoms with Crippen LogP contribution in [-0.4, -0.2) is 51.1 Å². The lowest BCUT2D eigenvalue weighted by atomic mass is 10.1. The van der Waals surface area contributed by atoms with Gasteiger partial charge in [-0.2, -0.15) is 0 Å². The van der Waals surface area contributed by atoms with Gasteiger partial charge in [-0.25, -0.2) is 0 Å². The Balaban J connectivity index is 0. The summed E-state index contributed by atoms with van der Waals surface area (Å²) in [6.45, 7) is 19.9. The Hall–Kier alpha value is -0.160. The van der Waals surface area contributed by atoms with Crippen LogP contribution in [0.1, 0.15) is 48.5 Å². The van der Waals surface area contributed by atoms with Crippen LogP contribution in [0.4, 0.5) is 0 Å². The van der Waals surface area contributed by atoms with Crippen molar-refractivity contribution in [3.63, 3.8) is 0 Å². The molecule has 2 N–H and O–H groups in total. The summed E-state index contributed by atoms with van der Waals surface area (Å²) in [6, 6.07) is 0.564. The van der Waals surface area contributed by atoms with E-state index in [1.54, 1.807) is 0 Å². The third kappa shape index (κ3) is 14.1. The van der Waals surface area contributed by atoms with Gasteiger partial charge in [0.1, 0.15) is 0 Å². The molecule has 2 fully saturated rings. The molecule has 2 rings (SSSR count). The highest BCUT2D eigenvalue weighted by molar-refractivity contribution is 4.75. The van der Waals surface area contributed by atoms with Gasteiger partial charge in [-0.1, -0.05) is 27.7 Å². The minimum Gasteiger partial charge on any atom is -0.379 e. The highest BCUT2D eigenvalue weighted by Gasteiger charge is 2.20. The van der Waals surface area contributed by atoms with Crippen molar-refractivity contribution in [2.75, 3.05) is 39.5 Å². The number of rotatable bonds is 0. The standard InChI is InChI=1S/C6H13NO.C5H11NO.2C2H6/c1-6(2)5-7-3-4-8-6;1-5-4-7-3-2-6-5;2*1-2/h7H,3-5H2,1-2H3;5-6H,2-4H2,1H3;2*1-2H3. The first-order valence-electron chi connectivity index (χ1n) is 7.76.